The summed E-state index contributed by atoms with van der Waals surface area (Å²) in [6.07, 6.45) is 2.52. The summed E-state index contributed by atoms with van der Waals surface area (Å²) in [5.74, 6) is -2.69. The van der Waals surface area contributed by atoms with E-state index < -0.39 is 53.0 Å². The highest BCUT2D eigenvalue weighted by Crippen LogP contribution is 2.66. The molecule has 2 saturated carbocycles. The van der Waals surface area contributed by atoms with Crippen molar-refractivity contribution in [1.29, 1.82) is 0 Å². The van der Waals surface area contributed by atoms with Gasteiger partial charge in [-0.05, 0) is 49.2 Å². The van der Waals surface area contributed by atoms with Crippen molar-refractivity contribution in [2.45, 2.75) is 77.7 Å². The number of rotatable bonds is 4. The Morgan fingerprint density at radius 3 is 2.48 bits per heavy atom. The maximum Gasteiger partial charge on any atom is 0.303 e. The van der Waals surface area contributed by atoms with Crippen molar-refractivity contribution in [2.75, 3.05) is 6.61 Å². The zero-order valence-electron chi connectivity index (χ0n) is 19.5. The molecular weight excluding hydrogens is 431 g/mol. The molecule has 4 aliphatic rings. The molecule has 180 valence electrons. The Kier molecular flexibility index (Phi) is 5.67. The molecule has 0 aromatic rings. The molecule has 0 bridgehead atoms. The molecule has 0 spiro atoms. The van der Waals surface area contributed by atoms with Gasteiger partial charge in [0.15, 0.2) is 18.0 Å². The minimum atomic E-state index is -2.08. The van der Waals surface area contributed by atoms with E-state index in [9.17, 15) is 24.3 Å². The monoisotopic (exact) mass is 462 g/mol. The average Bonchev–Trinajstić information content (AvgIpc) is 2.95. The Balaban J connectivity index is 1.77. The number of Topliss-reactive ketones (excluding diaryl/α,β-unsaturated/α-hetero) is 1. The number of ether oxygens (including phenoxy) is 2. The molecular formula is C25H31FO7. The highest BCUT2D eigenvalue weighted by atomic mass is 19.1. The van der Waals surface area contributed by atoms with Gasteiger partial charge >= 0.3 is 11.9 Å². The summed E-state index contributed by atoms with van der Waals surface area (Å²) in [5.41, 5.74) is -2.15. The Morgan fingerprint density at radius 2 is 1.85 bits per heavy atom. The quantitative estimate of drug-likeness (QED) is 0.506. The van der Waals surface area contributed by atoms with E-state index >= 15 is 4.39 Å². The lowest BCUT2D eigenvalue weighted by atomic mass is 9.50. The number of halogens is 1. The predicted octanol–water partition coefficient (Wildman–Crippen LogP) is 2.79. The summed E-state index contributed by atoms with van der Waals surface area (Å²) < 4.78 is 25.8. The number of allylic oxidation sites excluding steroid dienone is 4. The first-order valence-electron chi connectivity index (χ1n) is 11.5. The molecule has 8 heteroatoms. The number of carbonyl (C=O) groups is 4. The Hall–Kier alpha value is -2.35. The largest absolute Gasteiger partial charge is 0.459 e. The molecule has 33 heavy (non-hydrogen) atoms. The molecule has 0 heterocycles. The fourth-order valence-corrected chi connectivity index (χ4v) is 6.97. The second-order valence-electron chi connectivity index (χ2n) is 10.4. The number of hydrogen-bond donors (Lipinski definition) is 1. The number of aliphatic hydroxyl groups is 1. The third-order valence-corrected chi connectivity index (χ3v) is 8.65. The second kappa shape index (κ2) is 7.86. The van der Waals surface area contributed by atoms with Gasteiger partial charge in [0.2, 0.25) is 5.78 Å². The topological polar surface area (TPSA) is 107 Å². The average molecular weight is 463 g/mol. The van der Waals surface area contributed by atoms with Gasteiger partial charge in [-0.2, -0.15) is 0 Å². The Labute approximate surface area is 192 Å². The molecule has 0 aromatic heterocycles. The first-order valence-corrected chi connectivity index (χ1v) is 11.5. The summed E-state index contributed by atoms with van der Waals surface area (Å²) in [6.45, 7) is 5.48. The van der Waals surface area contributed by atoms with E-state index in [4.69, 9.17) is 9.47 Å². The van der Waals surface area contributed by atoms with Gasteiger partial charge < -0.3 is 14.6 Å². The molecule has 7 nitrogen and oxygen atoms in total. The maximum atomic E-state index is 15.4. The fraction of sp³-hybridized carbons (Fsp3) is 0.680. The van der Waals surface area contributed by atoms with Crippen LogP contribution in [0.2, 0.25) is 0 Å². The number of alkyl halides is 1. The van der Waals surface area contributed by atoms with Gasteiger partial charge in [-0.1, -0.05) is 25.5 Å². The van der Waals surface area contributed by atoms with Crippen LogP contribution in [0.25, 0.3) is 0 Å². The SMILES string of the molecule is CC(=O)OCC(=O)[C@@]1(O)[C@H](OC(C)=O)C[C@H]2[C@@H]3C[C@H](F)C4=CC(=O)CC[C@]4(C)C3=CC[C@@]21C. The van der Waals surface area contributed by atoms with Crippen molar-refractivity contribution in [1.82, 2.24) is 0 Å². The van der Waals surface area contributed by atoms with Crippen molar-refractivity contribution in [2.24, 2.45) is 22.7 Å². The second-order valence-corrected chi connectivity index (χ2v) is 10.4. The number of esters is 2. The minimum absolute atomic E-state index is 0.0638. The molecule has 0 radical (unpaired) electrons. The van der Waals surface area contributed by atoms with Crippen molar-refractivity contribution < 1.29 is 38.1 Å². The molecule has 4 rings (SSSR count). The molecule has 0 aromatic carbocycles. The molecule has 2 fully saturated rings. The van der Waals surface area contributed by atoms with Gasteiger partial charge in [-0.15, -0.1) is 0 Å². The molecule has 0 saturated heterocycles. The van der Waals surface area contributed by atoms with Crippen LogP contribution in [0.4, 0.5) is 4.39 Å². The van der Waals surface area contributed by atoms with Crippen molar-refractivity contribution >= 4 is 23.5 Å². The van der Waals surface area contributed by atoms with Crippen LogP contribution in [0.5, 0.6) is 0 Å². The van der Waals surface area contributed by atoms with Crippen LogP contribution in [-0.2, 0) is 28.7 Å². The van der Waals surface area contributed by atoms with E-state index in [1.54, 1.807) is 6.92 Å². The zero-order valence-corrected chi connectivity index (χ0v) is 19.5. The number of hydrogen-bond acceptors (Lipinski definition) is 7. The molecule has 4 aliphatic carbocycles. The van der Waals surface area contributed by atoms with Gasteiger partial charge in [0.1, 0.15) is 12.3 Å². The lowest BCUT2D eigenvalue weighted by molar-refractivity contribution is -0.184. The van der Waals surface area contributed by atoms with E-state index in [2.05, 4.69) is 0 Å². The normalized spacial score (nSPS) is 41.7. The highest BCUT2D eigenvalue weighted by molar-refractivity contribution is 5.93. The van der Waals surface area contributed by atoms with Crippen LogP contribution in [0.15, 0.2) is 23.3 Å². The van der Waals surface area contributed by atoms with Crippen LogP contribution in [0, 0.1) is 22.7 Å². The maximum absolute atomic E-state index is 15.4. The standard InChI is InChI=1S/C25H31FO7/c1-13(27)32-12-21(30)25(31)22(33-14(2)28)11-18-16-10-20(26)19-9-15(29)5-7-23(19,3)17(16)6-8-24(18,25)4/h6,9,16,18,20,22,31H,5,7-8,10-12H2,1-4H3/t16-,18+,20+,22-,23-,24+,25-/m1/s1. The molecule has 0 aliphatic heterocycles. The minimum Gasteiger partial charge on any atom is -0.459 e. The van der Waals surface area contributed by atoms with Crippen LogP contribution in [0.1, 0.15) is 59.8 Å². The number of ketones is 2. The molecule has 7 atom stereocenters. The van der Waals surface area contributed by atoms with Crippen LogP contribution >= 0.6 is 0 Å². The lowest BCUT2D eigenvalue weighted by Gasteiger charge is -2.55. The highest BCUT2D eigenvalue weighted by Gasteiger charge is 2.70. The number of fused-ring (bicyclic) bond motifs is 5. The Morgan fingerprint density at radius 1 is 1.15 bits per heavy atom. The van der Waals surface area contributed by atoms with Crippen LogP contribution < -0.4 is 0 Å². The molecule has 0 amide bonds. The number of carbonyl (C=O) groups excluding carboxylic acids is 4. The molecule has 0 unspecified atom stereocenters. The zero-order chi connectivity index (χ0) is 24.3. The van der Waals surface area contributed by atoms with Gasteiger partial charge in [-0.25, -0.2) is 4.39 Å². The van der Waals surface area contributed by atoms with Crippen molar-refractivity contribution in [3.63, 3.8) is 0 Å². The van der Waals surface area contributed by atoms with Crippen LogP contribution in [0.3, 0.4) is 0 Å². The van der Waals surface area contributed by atoms with E-state index in [1.807, 2.05) is 13.0 Å². The van der Waals surface area contributed by atoms with E-state index in [0.717, 1.165) is 5.57 Å². The predicted molar refractivity (Wildman–Crippen MR) is 114 cm³/mol. The van der Waals surface area contributed by atoms with E-state index in [-0.39, 0.29) is 30.5 Å². The first kappa shape index (κ1) is 23.8. The smallest absolute Gasteiger partial charge is 0.303 e. The summed E-state index contributed by atoms with van der Waals surface area (Å²) >= 11 is 0. The van der Waals surface area contributed by atoms with E-state index in [1.165, 1.54) is 19.9 Å². The molecule has 1 N–H and O–H groups in total. The van der Waals surface area contributed by atoms with Gasteiger partial charge in [0.25, 0.3) is 0 Å². The van der Waals surface area contributed by atoms with E-state index in [0.29, 0.717) is 24.8 Å². The summed E-state index contributed by atoms with van der Waals surface area (Å²) in [7, 11) is 0. The van der Waals surface area contributed by atoms with Gasteiger partial charge in [-0.3, -0.25) is 19.2 Å². The van der Waals surface area contributed by atoms with Crippen molar-refractivity contribution in [3.05, 3.63) is 23.3 Å². The fourth-order valence-electron chi connectivity index (χ4n) is 6.97. The third kappa shape index (κ3) is 3.40. The van der Waals surface area contributed by atoms with Crippen molar-refractivity contribution in [3.8, 4) is 0 Å². The summed E-state index contributed by atoms with van der Waals surface area (Å²) in [5, 5.41) is 11.8. The van der Waals surface area contributed by atoms with Gasteiger partial charge in [0, 0.05) is 31.1 Å². The first-order chi connectivity index (χ1) is 15.3. The Bertz CT molecular complexity index is 983. The lowest BCUT2D eigenvalue weighted by Crippen LogP contribution is -2.60. The summed E-state index contributed by atoms with van der Waals surface area (Å²) in [6, 6.07) is 0. The van der Waals surface area contributed by atoms with Gasteiger partial charge in [0.05, 0.1) is 0 Å². The summed E-state index contributed by atoms with van der Waals surface area (Å²) in [4.78, 5) is 48.3. The van der Waals surface area contributed by atoms with Crippen LogP contribution in [-0.4, -0.2) is 53.1 Å². The third-order valence-electron chi connectivity index (χ3n) is 8.65.